The minimum atomic E-state index is 0.304. The molecule has 3 aromatic rings. The second-order valence-electron chi connectivity index (χ2n) is 5.88. The van der Waals surface area contributed by atoms with Crippen molar-refractivity contribution in [1.29, 1.82) is 0 Å². The number of hydroxylamine groups is 1. The lowest BCUT2D eigenvalue weighted by atomic mass is 10.1. The van der Waals surface area contributed by atoms with E-state index in [1.165, 1.54) is 0 Å². The molecule has 3 rings (SSSR count). The van der Waals surface area contributed by atoms with Crippen LogP contribution in [-0.4, -0.2) is 17.6 Å². The molecule has 26 heavy (non-hydrogen) atoms. The Morgan fingerprint density at radius 2 is 1.50 bits per heavy atom. The van der Waals surface area contributed by atoms with Gasteiger partial charge in [0.2, 0.25) is 5.71 Å². The highest BCUT2D eigenvalue weighted by Crippen LogP contribution is 2.13. The van der Waals surface area contributed by atoms with Crippen LogP contribution in [0.4, 0.5) is 0 Å². The molecule has 0 saturated carbocycles. The second-order valence-corrected chi connectivity index (χ2v) is 5.88. The van der Waals surface area contributed by atoms with Gasteiger partial charge in [0.25, 0.3) is 0 Å². The third-order valence-electron chi connectivity index (χ3n) is 4.06. The molecule has 0 amide bonds. The van der Waals surface area contributed by atoms with Crippen LogP contribution < -0.4 is 4.74 Å². The fraction of sp³-hybridized carbons (Fsp3) is 0.0870. The number of methoxy groups -OCH3 is 1. The molecule has 0 heterocycles. The van der Waals surface area contributed by atoms with Crippen LogP contribution in [0.1, 0.15) is 16.7 Å². The zero-order valence-electron chi connectivity index (χ0n) is 14.7. The van der Waals surface area contributed by atoms with Crippen molar-refractivity contribution in [3.05, 3.63) is 113 Å². The summed E-state index contributed by atoms with van der Waals surface area (Å²) < 4.78 is 6.21. The van der Waals surface area contributed by atoms with Gasteiger partial charge in [-0.25, -0.2) is 4.74 Å². The van der Waals surface area contributed by atoms with Crippen molar-refractivity contribution >= 4 is 11.8 Å². The van der Waals surface area contributed by atoms with Crippen molar-refractivity contribution in [2.24, 2.45) is 0 Å². The van der Waals surface area contributed by atoms with Crippen molar-refractivity contribution in [2.75, 3.05) is 7.11 Å². The summed E-state index contributed by atoms with van der Waals surface area (Å²) in [5.41, 5.74) is 3.51. The fourth-order valence-electron chi connectivity index (χ4n) is 2.66. The molecule has 0 unspecified atom stereocenters. The summed E-state index contributed by atoms with van der Waals surface area (Å²) in [5.74, 6) is 0.809. The second kappa shape index (κ2) is 8.67. The number of allylic oxidation sites excluding steroid dienone is 1. The maximum atomic E-state index is 12.8. The number of rotatable bonds is 6. The average molecular weight is 343 g/mol. The first-order chi connectivity index (χ1) is 12.8. The molecule has 0 aliphatic rings. The lowest BCUT2D eigenvalue weighted by Gasteiger charge is -2.09. The van der Waals surface area contributed by atoms with Gasteiger partial charge in [0.05, 0.1) is 7.11 Å². The van der Waals surface area contributed by atoms with Crippen molar-refractivity contribution < 1.29 is 9.48 Å². The summed E-state index contributed by atoms with van der Waals surface area (Å²) in [7, 11) is 1.64. The van der Waals surface area contributed by atoms with Crippen LogP contribution in [0, 0.1) is 5.21 Å². The predicted molar refractivity (Wildman–Crippen MR) is 106 cm³/mol. The maximum absolute atomic E-state index is 12.8. The first-order valence-corrected chi connectivity index (χ1v) is 8.49. The Balaban J connectivity index is 1.92. The number of ether oxygens (including phenoxy) is 1. The largest absolute Gasteiger partial charge is 0.623 e. The van der Waals surface area contributed by atoms with Crippen molar-refractivity contribution in [2.45, 2.75) is 6.54 Å². The van der Waals surface area contributed by atoms with Gasteiger partial charge < -0.3 is 9.94 Å². The zero-order chi connectivity index (χ0) is 18.2. The van der Waals surface area contributed by atoms with E-state index in [0.717, 1.165) is 27.2 Å². The molecular formula is C23H21NO2. The van der Waals surface area contributed by atoms with Crippen molar-refractivity contribution in [3.63, 3.8) is 0 Å². The number of hydrogen-bond acceptors (Lipinski definition) is 2. The van der Waals surface area contributed by atoms with Gasteiger partial charge in [-0.15, -0.1) is 0 Å². The van der Waals surface area contributed by atoms with Crippen LogP contribution in [0.5, 0.6) is 5.75 Å². The lowest BCUT2D eigenvalue weighted by Crippen LogP contribution is -2.15. The lowest BCUT2D eigenvalue weighted by molar-refractivity contribution is -0.473. The Hall–Kier alpha value is -3.33. The molecule has 0 fully saturated rings. The molecule has 0 N–H and O–H groups in total. The number of nitrogens with zero attached hydrogens (tertiary/aromatic N) is 1. The maximum Gasteiger partial charge on any atom is 0.218 e. The number of hydrogen-bond donors (Lipinski definition) is 0. The summed E-state index contributed by atoms with van der Waals surface area (Å²) in [6.07, 6.45) is 3.81. The standard InChI is InChI=1S/C23H21NO2/c1-26-22-15-12-19(13-16-22)14-17-23(21-10-6-3-7-11-21)24(25)18-20-8-4-2-5-9-20/h2-17H,18H2,1H3/b17-14+,24-23+. The van der Waals surface area contributed by atoms with E-state index in [1.807, 2.05) is 97.1 Å². The Labute approximate surface area is 154 Å². The van der Waals surface area contributed by atoms with Gasteiger partial charge >= 0.3 is 0 Å². The Morgan fingerprint density at radius 1 is 0.885 bits per heavy atom. The van der Waals surface area contributed by atoms with Crippen LogP contribution in [0.3, 0.4) is 0 Å². The van der Waals surface area contributed by atoms with E-state index in [4.69, 9.17) is 4.74 Å². The van der Waals surface area contributed by atoms with Crippen LogP contribution >= 0.6 is 0 Å². The average Bonchev–Trinajstić information content (AvgIpc) is 2.70. The van der Waals surface area contributed by atoms with Crippen LogP contribution in [0.15, 0.2) is 91.0 Å². The van der Waals surface area contributed by atoms with Gasteiger partial charge in [0.15, 0.2) is 6.54 Å². The van der Waals surface area contributed by atoms with E-state index in [0.29, 0.717) is 12.3 Å². The molecule has 3 heteroatoms. The Bertz CT molecular complexity index is 883. The van der Waals surface area contributed by atoms with E-state index in [9.17, 15) is 5.21 Å². The molecule has 0 aromatic heterocycles. The first-order valence-electron chi connectivity index (χ1n) is 8.49. The van der Waals surface area contributed by atoms with E-state index < -0.39 is 0 Å². The molecule has 0 atom stereocenters. The van der Waals surface area contributed by atoms with E-state index >= 15 is 0 Å². The molecule has 0 radical (unpaired) electrons. The van der Waals surface area contributed by atoms with Crippen LogP contribution in [0.25, 0.3) is 6.08 Å². The minimum Gasteiger partial charge on any atom is -0.623 e. The summed E-state index contributed by atoms with van der Waals surface area (Å²) in [5, 5.41) is 12.8. The molecule has 0 saturated heterocycles. The summed E-state index contributed by atoms with van der Waals surface area (Å²) >= 11 is 0. The summed E-state index contributed by atoms with van der Waals surface area (Å²) in [6.45, 7) is 0.304. The molecule has 0 aliphatic heterocycles. The molecule has 3 aromatic carbocycles. The van der Waals surface area contributed by atoms with Gasteiger partial charge in [-0.2, -0.15) is 0 Å². The summed E-state index contributed by atoms with van der Waals surface area (Å²) in [6, 6.07) is 27.2. The SMILES string of the molecule is COc1ccc(/C=C/C(c2ccccc2)=[N+](\[O-])Cc2ccccc2)cc1. The van der Waals surface area contributed by atoms with Crippen molar-refractivity contribution in [3.8, 4) is 5.75 Å². The van der Waals surface area contributed by atoms with Crippen LogP contribution in [-0.2, 0) is 6.54 Å². The first kappa shape index (κ1) is 17.5. The van der Waals surface area contributed by atoms with Gasteiger partial charge in [-0.3, -0.25) is 0 Å². The quantitative estimate of drug-likeness (QED) is 0.276. The zero-order valence-corrected chi connectivity index (χ0v) is 14.7. The van der Waals surface area contributed by atoms with E-state index in [-0.39, 0.29) is 0 Å². The van der Waals surface area contributed by atoms with Gasteiger partial charge in [0.1, 0.15) is 5.75 Å². The Kier molecular flexibility index (Phi) is 5.84. The van der Waals surface area contributed by atoms with Gasteiger partial charge in [-0.05, 0) is 35.9 Å². The number of benzene rings is 3. The predicted octanol–water partition coefficient (Wildman–Crippen LogP) is 4.91. The van der Waals surface area contributed by atoms with E-state index in [1.54, 1.807) is 7.11 Å². The molecular weight excluding hydrogens is 322 g/mol. The van der Waals surface area contributed by atoms with Gasteiger partial charge in [0, 0.05) is 17.2 Å². The molecule has 0 aliphatic carbocycles. The van der Waals surface area contributed by atoms with Crippen LogP contribution in [0.2, 0.25) is 0 Å². The highest BCUT2D eigenvalue weighted by molar-refractivity contribution is 6.07. The molecule has 130 valence electrons. The smallest absolute Gasteiger partial charge is 0.218 e. The topological polar surface area (TPSA) is 35.3 Å². The third-order valence-corrected chi connectivity index (χ3v) is 4.06. The summed E-state index contributed by atoms with van der Waals surface area (Å²) in [4.78, 5) is 0. The minimum absolute atomic E-state index is 0.304. The highest BCUT2D eigenvalue weighted by Gasteiger charge is 2.10. The van der Waals surface area contributed by atoms with Crippen molar-refractivity contribution in [1.82, 2.24) is 0 Å². The molecule has 0 bridgehead atoms. The molecule has 0 spiro atoms. The van der Waals surface area contributed by atoms with E-state index in [2.05, 4.69) is 0 Å². The monoisotopic (exact) mass is 343 g/mol. The normalized spacial score (nSPS) is 12.0. The molecule has 3 nitrogen and oxygen atoms in total. The third kappa shape index (κ3) is 4.61. The Morgan fingerprint density at radius 3 is 2.12 bits per heavy atom. The highest BCUT2D eigenvalue weighted by atomic mass is 16.5. The van der Waals surface area contributed by atoms with Gasteiger partial charge in [-0.1, -0.05) is 60.7 Å². The fourth-order valence-corrected chi connectivity index (χ4v) is 2.66.